The van der Waals surface area contributed by atoms with Gasteiger partial charge in [0, 0.05) is 18.9 Å². The second-order valence-electron chi connectivity index (χ2n) is 3.50. The third-order valence-electron chi connectivity index (χ3n) is 2.49. The van der Waals surface area contributed by atoms with Crippen molar-refractivity contribution in [1.29, 1.82) is 0 Å². The van der Waals surface area contributed by atoms with Crippen LogP contribution < -0.4 is 5.84 Å². The summed E-state index contributed by atoms with van der Waals surface area (Å²) >= 11 is 0. The Hall–Kier alpha value is -1.04. The van der Waals surface area contributed by atoms with Crippen LogP contribution in [0, 0.1) is 0 Å². The Balaban J connectivity index is 2.23. The molecule has 2 heterocycles. The van der Waals surface area contributed by atoms with Crippen molar-refractivity contribution in [2.75, 3.05) is 6.54 Å². The highest BCUT2D eigenvalue weighted by molar-refractivity contribution is 5.00. The van der Waals surface area contributed by atoms with E-state index in [-0.39, 0.29) is 6.04 Å². The molecule has 0 aliphatic carbocycles. The van der Waals surface area contributed by atoms with Gasteiger partial charge in [0.25, 0.3) is 0 Å². The number of piperidine rings is 1. The molecule has 0 spiro atoms. The first-order chi connectivity index (χ1) is 6.79. The van der Waals surface area contributed by atoms with Gasteiger partial charge < -0.3 is 5.11 Å². The topological polar surface area (TPSA) is 75.3 Å². The molecule has 0 bridgehead atoms. The number of aliphatic hydroxyl groups excluding tert-OH is 1. The molecule has 1 fully saturated rings. The van der Waals surface area contributed by atoms with E-state index < -0.39 is 6.10 Å². The van der Waals surface area contributed by atoms with Crippen molar-refractivity contribution in [2.24, 2.45) is 5.84 Å². The highest BCUT2D eigenvalue weighted by Gasteiger charge is 2.31. The molecule has 5 heteroatoms. The largest absolute Gasteiger partial charge is 0.391 e. The Bertz CT molecular complexity index is 282. The molecule has 76 valence electrons. The van der Waals surface area contributed by atoms with Crippen molar-refractivity contribution >= 4 is 0 Å². The van der Waals surface area contributed by atoms with Crippen LogP contribution in [0.4, 0.5) is 0 Å². The lowest BCUT2D eigenvalue weighted by Gasteiger charge is -2.34. The molecule has 0 amide bonds. The summed E-state index contributed by atoms with van der Waals surface area (Å²) in [7, 11) is 0. The summed E-state index contributed by atoms with van der Waals surface area (Å²) in [6, 6.07) is 1.49. The van der Waals surface area contributed by atoms with Crippen molar-refractivity contribution in [1.82, 2.24) is 15.0 Å². The highest BCUT2D eigenvalue weighted by atomic mass is 16.3. The molecule has 0 radical (unpaired) electrons. The first-order valence-electron chi connectivity index (χ1n) is 4.75. The van der Waals surface area contributed by atoms with E-state index in [9.17, 15) is 5.11 Å². The van der Waals surface area contributed by atoms with Gasteiger partial charge in [-0.3, -0.25) is 5.84 Å². The van der Waals surface area contributed by atoms with E-state index in [1.165, 1.54) is 0 Å². The molecule has 14 heavy (non-hydrogen) atoms. The Morgan fingerprint density at radius 3 is 2.79 bits per heavy atom. The fourth-order valence-corrected chi connectivity index (χ4v) is 1.78. The number of nitrogens with two attached hydrogens (primary N) is 1. The molecule has 1 aliphatic heterocycles. The Kier molecular flexibility index (Phi) is 2.72. The number of rotatable bonds is 1. The molecule has 5 nitrogen and oxygen atoms in total. The van der Waals surface area contributed by atoms with Crippen LogP contribution in [0.1, 0.15) is 24.7 Å². The lowest BCUT2D eigenvalue weighted by atomic mass is 10.00. The van der Waals surface area contributed by atoms with Crippen LogP contribution in [0.5, 0.6) is 0 Å². The van der Waals surface area contributed by atoms with E-state index in [0.29, 0.717) is 5.82 Å². The van der Waals surface area contributed by atoms with Crippen LogP contribution >= 0.6 is 0 Å². The Labute approximate surface area is 82.6 Å². The molecule has 0 saturated carbocycles. The van der Waals surface area contributed by atoms with Crippen molar-refractivity contribution in [3.8, 4) is 0 Å². The number of aromatic nitrogens is 2. The first-order valence-corrected chi connectivity index (χ1v) is 4.75. The summed E-state index contributed by atoms with van der Waals surface area (Å²) in [5.41, 5.74) is 0. The minimum absolute atomic E-state index is 0.259. The van der Waals surface area contributed by atoms with Crippen molar-refractivity contribution in [3.05, 3.63) is 24.3 Å². The number of hydrogen-bond donors (Lipinski definition) is 2. The van der Waals surface area contributed by atoms with Gasteiger partial charge in [-0.2, -0.15) is 0 Å². The lowest BCUT2D eigenvalue weighted by Crippen LogP contribution is -2.46. The summed E-state index contributed by atoms with van der Waals surface area (Å²) in [4.78, 5) is 8.22. The van der Waals surface area contributed by atoms with Crippen LogP contribution in [0.2, 0.25) is 0 Å². The quantitative estimate of drug-likeness (QED) is 0.608. The average molecular weight is 194 g/mol. The standard InChI is InChI=1S/C9H14N4O/c10-13-6-1-3-7(14)8(13)9-11-4-2-5-12-9/h2,4-5,7-8,14H,1,3,6,10H2. The zero-order valence-electron chi connectivity index (χ0n) is 7.87. The minimum Gasteiger partial charge on any atom is -0.391 e. The molecule has 0 aromatic carbocycles. The van der Waals surface area contributed by atoms with Gasteiger partial charge in [0.15, 0.2) is 0 Å². The van der Waals surface area contributed by atoms with E-state index in [4.69, 9.17) is 5.84 Å². The van der Waals surface area contributed by atoms with Crippen molar-refractivity contribution in [2.45, 2.75) is 25.0 Å². The third kappa shape index (κ3) is 1.75. The lowest BCUT2D eigenvalue weighted by molar-refractivity contribution is 0.00505. The van der Waals surface area contributed by atoms with Crippen molar-refractivity contribution in [3.63, 3.8) is 0 Å². The fourth-order valence-electron chi connectivity index (χ4n) is 1.78. The second kappa shape index (κ2) is 4.00. The predicted octanol–water partition coefficient (Wildman–Crippen LogP) is -0.152. The summed E-state index contributed by atoms with van der Waals surface area (Å²) in [5, 5.41) is 11.4. The average Bonchev–Trinajstić information content (AvgIpc) is 2.19. The maximum absolute atomic E-state index is 9.79. The van der Waals surface area contributed by atoms with Crippen LogP contribution in [0.15, 0.2) is 18.5 Å². The molecular weight excluding hydrogens is 180 g/mol. The Morgan fingerprint density at radius 2 is 2.14 bits per heavy atom. The van der Waals surface area contributed by atoms with Gasteiger partial charge in [-0.1, -0.05) is 0 Å². The molecule has 1 aromatic heterocycles. The molecule has 2 unspecified atom stereocenters. The zero-order chi connectivity index (χ0) is 9.97. The van der Waals surface area contributed by atoms with Gasteiger partial charge in [0.1, 0.15) is 11.9 Å². The van der Waals surface area contributed by atoms with E-state index >= 15 is 0 Å². The van der Waals surface area contributed by atoms with E-state index in [1.807, 2.05) is 0 Å². The maximum atomic E-state index is 9.79. The fraction of sp³-hybridized carbons (Fsp3) is 0.556. The molecular formula is C9H14N4O. The summed E-state index contributed by atoms with van der Waals surface area (Å²) in [6.07, 6.45) is 4.54. The highest BCUT2D eigenvalue weighted by Crippen LogP contribution is 2.25. The Morgan fingerprint density at radius 1 is 1.43 bits per heavy atom. The van der Waals surface area contributed by atoms with Crippen molar-refractivity contribution < 1.29 is 5.11 Å². The van der Waals surface area contributed by atoms with Gasteiger partial charge in [-0.25, -0.2) is 15.0 Å². The second-order valence-corrected chi connectivity index (χ2v) is 3.50. The molecule has 2 rings (SSSR count). The molecule has 2 atom stereocenters. The first kappa shape index (κ1) is 9.51. The number of hydrazine groups is 1. The van der Waals surface area contributed by atoms with Crippen LogP contribution in [-0.4, -0.2) is 32.7 Å². The number of hydrogen-bond acceptors (Lipinski definition) is 5. The summed E-state index contributed by atoms with van der Waals surface area (Å²) in [6.45, 7) is 0.778. The zero-order valence-corrected chi connectivity index (χ0v) is 7.87. The maximum Gasteiger partial charge on any atom is 0.149 e. The van der Waals surface area contributed by atoms with E-state index in [2.05, 4.69) is 9.97 Å². The number of nitrogens with zero attached hydrogens (tertiary/aromatic N) is 3. The minimum atomic E-state index is -0.462. The normalized spacial score (nSPS) is 29.0. The SMILES string of the molecule is NN1CCCC(O)C1c1ncccn1. The van der Waals surface area contributed by atoms with Gasteiger partial charge >= 0.3 is 0 Å². The van der Waals surface area contributed by atoms with Gasteiger partial charge in [0.05, 0.1) is 6.10 Å². The third-order valence-corrected chi connectivity index (χ3v) is 2.49. The van der Waals surface area contributed by atoms with Crippen LogP contribution in [0.3, 0.4) is 0 Å². The van der Waals surface area contributed by atoms with Crippen LogP contribution in [0.25, 0.3) is 0 Å². The van der Waals surface area contributed by atoms with Crippen LogP contribution in [-0.2, 0) is 0 Å². The van der Waals surface area contributed by atoms with Gasteiger partial charge in [0.2, 0.25) is 0 Å². The molecule has 3 N–H and O–H groups in total. The summed E-state index contributed by atoms with van der Waals surface area (Å²) < 4.78 is 0. The molecule has 1 aromatic rings. The number of aliphatic hydroxyl groups is 1. The summed E-state index contributed by atoms with van der Waals surface area (Å²) in [5.74, 6) is 6.39. The van der Waals surface area contributed by atoms with E-state index in [0.717, 1.165) is 19.4 Å². The monoisotopic (exact) mass is 194 g/mol. The van der Waals surface area contributed by atoms with E-state index in [1.54, 1.807) is 23.5 Å². The molecule has 1 aliphatic rings. The van der Waals surface area contributed by atoms with Gasteiger partial charge in [-0.05, 0) is 18.9 Å². The molecule has 1 saturated heterocycles. The predicted molar refractivity (Wildman–Crippen MR) is 50.9 cm³/mol. The van der Waals surface area contributed by atoms with Gasteiger partial charge in [-0.15, -0.1) is 0 Å². The smallest absolute Gasteiger partial charge is 0.149 e.